The van der Waals surface area contributed by atoms with Crippen LogP contribution in [0.2, 0.25) is 0 Å². The Kier molecular flexibility index (Phi) is 7.67. The number of halogens is 1. The maximum absolute atomic E-state index is 12.0. The summed E-state index contributed by atoms with van der Waals surface area (Å²) in [6.07, 6.45) is 0. The van der Waals surface area contributed by atoms with Crippen LogP contribution < -0.4 is 5.32 Å². The van der Waals surface area contributed by atoms with Crippen LogP contribution in [0.5, 0.6) is 0 Å². The van der Waals surface area contributed by atoms with Crippen LogP contribution in [0.25, 0.3) is 0 Å². The Morgan fingerprint density at radius 3 is 2.56 bits per heavy atom. The number of ketones is 1. The first-order valence-electron chi connectivity index (χ1n) is 7.34. The molecular weight excluding hydrogens is 426 g/mol. The molecule has 0 aliphatic carbocycles. The number of hydrogen-bond acceptors (Lipinski definition) is 6. The van der Waals surface area contributed by atoms with Gasteiger partial charge in [-0.1, -0.05) is 15.9 Å². The summed E-state index contributed by atoms with van der Waals surface area (Å²) in [6.45, 7) is 1.54. The van der Waals surface area contributed by atoms with Crippen molar-refractivity contribution in [2.75, 3.05) is 12.4 Å². The number of amides is 1. The molecule has 0 aliphatic rings. The van der Waals surface area contributed by atoms with Crippen LogP contribution >= 0.6 is 39.0 Å². The molecule has 1 N–H and O–H groups in total. The van der Waals surface area contributed by atoms with Crippen LogP contribution in [0.3, 0.4) is 0 Å². The molecule has 0 bridgehead atoms. The minimum atomic E-state index is -0.434. The lowest BCUT2D eigenvalue weighted by Gasteiger charge is -2.04. The molecule has 2 rings (SSSR count). The van der Waals surface area contributed by atoms with E-state index >= 15 is 0 Å². The zero-order valence-electron chi connectivity index (χ0n) is 13.4. The normalized spacial score (nSPS) is 10.3. The van der Waals surface area contributed by atoms with Gasteiger partial charge >= 0.3 is 5.97 Å². The highest BCUT2D eigenvalue weighted by atomic mass is 79.9. The first kappa shape index (κ1) is 19.7. The number of rotatable bonds is 8. The summed E-state index contributed by atoms with van der Waals surface area (Å²) in [6, 6.07) is 11.0. The topological polar surface area (TPSA) is 72.5 Å². The summed E-state index contributed by atoms with van der Waals surface area (Å²) in [5.41, 5.74) is 0. The quantitative estimate of drug-likeness (QED) is 0.384. The summed E-state index contributed by atoms with van der Waals surface area (Å²) < 4.78 is 6.00. The van der Waals surface area contributed by atoms with Crippen LogP contribution in [0.15, 0.2) is 45.8 Å². The monoisotopic (exact) mass is 441 g/mol. The Bertz CT molecular complexity index is 758. The molecule has 0 aliphatic heterocycles. The minimum absolute atomic E-state index is 0.126. The second kappa shape index (κ2) is 9.74. The number of ether oxygens (including phenoxy) is 1. The molecule has 2 aromatic rings. The summed E-state index contributed by atoms with van der Waals surface area (Å²) in [7, 11) is 0. The van der Waals surface area contributed by atoms with Crippen LogP contribution in [-0.4, -0.2) is 30.0 Å². The van der Waals surface area contributed by atoms with Crippen molar-refractivity contribution in [3.63, 3.8) is 0 Å². The third kappa shape index (κ3) is 7.01. The fraction of sp³-hybridized carbons (Fsp3) is 0.235. The lowest BCUT2D eigenvalue weighted by atomic mass is 10.3. The lowest BCUT2D eigenvalue weighted by molar-refractivity contribution is -0.139. The van der Waals surface area contributed by atoms with Gasteiger partial charge in [-0.25, -0.2) is 0 Å². The third-order valence-corrected chi connectivity index (χ3v) is 5.62. The number of Topliss-reactive ketones (excluding diaryl/α,β-unsaturated/α-hetero) is 1. The molecule has 0 fully saturated rings. The Labute approximate surface area is 162 Å². The van der Waals surface area contributed by atoms with E-state index in [-0.39, 0.29) is 24.1 Å². The molecule has 0 radical (unpaired) electrons. The Balaban J connectivity index is 1.74. The average molecular weight is 442 g/mol. The van der Waals surface area contributed by atoms with Crippen molar-refractivity contribution >= 4 is 56.7 Å². The van der Waals surface area contributed by atoms with E-state index in [4.69, 9.17) is 4.74 Å². The van der Waals surface area contributed by atoms with E-state index in [0.717, 1.165) is 14.2 Å². The van der Waals surface area contributed by atoms with Gasteiger partial charge in [-0.2, -0.15) is 0 Å². The lowest BCUT2D eigenvalue weighted by Crippen LogP contribution is -2.18. The van der Waals surface area contributed by atoms with Gasteiger partial charge in [0.05, 0.1) is 17.2 Å². The number of thiophene rings is 1. The summed E-state index contributed by atoms with van der Waals surface area (Å²) in [5, 5.41) is 2.67. The number of carbonyl (C=O) groups is 3. The summed E-state index contributed by atoms with van der Waals surface area (Å²) >= 11 is 5.98. The SMILES string of the molecule is CC(=O)NCc1ccc(C(=O)COC(=O)CSc2ccc(Br)cc2)s1. The highest BCUT2D eigenvalue weighted by Crippen LogP contribution is 2.21. The largest absolute Gasteiger partial charge is 0.457 e. The molecule has 25 heavy (non-hydrogen) atoms. The molecule has 1 heterocycles. The number of thioether (sulfide) groups is 1. The van der Waals surface area contributed by atoms with Gasteiger partial charge in [0, 0.05) is 21.2 Å². The second-order valence-electron chi connectivity index (χ2n) is 5.00. The Morgan fingerprint density at radius 2 is 1.88 bits per heavy atom. The number of esters is 1. The first-order valence-corrected chi connectivity index (χ1v) is 9.94. The fourth-order valence-corrected chi connectivity index (χ4v) is 3.60. The molecular formula is C17H16BrNO4S2. The molecule has 5 nitrogen and oxygen atoms in total. The highest BCUT2D eigenvalue weighted by Gasteiger charge is 2.13. The highest BCUT2D eigenvalue weighted by molar-refractivity contribution is 9.10. The summed E-state index contributed by atoms with van der Waals surface area (Å²) in [4.78, 5) is 37.0. The standard InChI is InChI=1S/C17H16BrNO4S2/c1-11(20)19-8-14-6-7-16(25-14)15(21)9-23-17(22)10-24-13-4-2-12(18)3-5-13/h2-7H,8-10H2,1H3,(H,19,20). The van der Waals surface area contributed by atoms with Crippen LogP contribution in [-0.2, 0) is 20.9 Å². The van der Waals surface area contributed by atoms with Crippen molar-refractivity contribution in [1.29, 1.82) is 0 Å². The van der Waals surface area contributed by atoms with E-state index in [9.17, 15) is 14.4 Å². The number of carbonyl (C=O) groups excluding carboxylic acids is 3. The van der Waals surface area contributed by atoms with Gasteiger partial charge in [-0.05, 0) is 36.4 Å². The van der Waals surface area contributed by atoms with Crippen LogP contribution in [0, 0.1) is 0 Å². The molecule has 8 heteroatoms. The first-order chi connectivity index (χ1) is 11.9. The smallest absolute Gasteiger partial charge is 0.316 e. The molecule has 0 spiro atoms. The third-order valence-electron chi connectivity index (χ3n) is 2.98. The van der Waals surface area contributed by atoms with E-state index in [1.165, 1.54) is 30.0 Å². The van der Waals surface area contributed by atoms with Crippen molar-refractivity contribution in [3.05, 3.63) is 50.6 Å². The Hall–Kier alpha value is -1.64. The molecule has 0 saturated heterocycles. The molecule has 1 aromatic heterocycles. The second-order valence-corrected chi connectivity index (χ2v) is 8.13. The van der Waals surface area contributed by atoms with Crippen LogP contribution in [0.1, 0.15) is 21.5 Å². The number of nitrogens with one attached hydrogen (secondary N) is 1. The molecule has 132 valence electrons. The van der Waals surface area contributed by atoms with Crippen molar-refractivity contribution in [2.45, 2.75) is 18.4 Å². The van der Waals surface area contributed by atoms with Gasteiger partial charge in [-0.3, -0.25) is 14.4 Å². The molecule has 1 amide bonds. The fourth-order valence-electron chi connectivity index (χ4n) is 1.77. The molecule has 0 atom stereocenters. The van der Waals surface area contributed by atoms with E-state index in [2.05, 4.69) is 21.2 Å². The average Bonchev–Trinajstić information content (AvgIpc) is 3.06. The van der Waals surface area contributed by atoms with E-state index in [0.29, 0.717) is 11.4 Å². The summed E-state index contributed by atoms with van der Waals surface area (Å²) in [5.74, 6) is -0.663. The van der Waals surface area contributed by atoms with Gasteiger partial charge in [-0.15, -0.1) is 23.1 Å². The predicted octanol–water partition coefficient (Wildman–Crippen LogP) is 3.66. The zero-order valence-corrected chi connectivity index (χ0v) is 16.6. The zero-order chi connectivity index (χ0) is 18.2. The van der Waals surface area contributed by atoms with Crippen LogP contribution in [0.4, 0.5) is 0 Å². The Morgan fingerprint density at radius 1 is 1.16 bits per heavy atom. The maximum Gasteiger partial charge on any atom is 0.316 e. The van der Waals surface area contributed by atoms with Crippen molar-refractivity contribution in [2.24, 2.45) is 0 Å². The van der Waals surface area contributed by atoms with Gasteiger partial charge in [0.25, 0.3) is 0 Å². The van der Waals surface area contributed by atoms with Gasteiger partial charge in [0.2, 0.25) is 11.7 Å². The van der Waals surface area contributed by atoms with Gasteiger partial charge < -0.3 is 10.1 Å². The minimum Gasteiger partial charge on any atom is -0.457 e. The molecule has 0 unspecified atom stereocenters. The van der Waals surface area contributed by atoms with E-state index < -0.39 is 5.97 Å². The van der Waals surface area contributed by atoms with E-state index in [1.807, 2.05) is 24.3 Å². The van der Waals surface area contributed by atoms with Crippen molar-refractivity contribution < 1.29 is 19.1 Å². The van der Waals surface area contributed by atoms with E-state index in [1.54, 1.807) is 12.1 Å². The number of benzene rings is 1. The maximum atomic E-state index is 12.0. The van der Waals surface area contributed by atoms with Crippen molar-refractivity contribution in [1.82, 2.24) is 5.32 Å². The van der Waals surface area contributed by atoms with Gasteiger partial charge in [0.15, 0.2) is 6.61 Å². The van der Waals surface area contributed by atoms with Gasteiger partial charge in [0.1, 0.15) is 0 Å². The molecule has 1 aromatic carbocycles. The number of hydrogen-bond donors (Lipinski definition) is 1. The predicted molar refractivity (Wildman–Crippen MR) is 102 cm³/mol. The van der Waals surface area contributed by atoms with Crippen molar-refractivity contribution in [3.8, 4) is 0 Å². The molecule has 0 saturated carbocycles.